The summed E-state index contributed by atoms with van der Waals surface area (Å²) < 4.78 is 17.3. The maximum atomic E-state index is 14.0. The van der Waals surface area contributed by atoms with Crippen LogP contribution in [-0.2, 0) is 24.2 Å². The molecule has 1 fully saturated rings. The molecule has 0 bridgehead atoms. The number of hydrogen-bond donors (Lipinski definition) is 0. The topological polar surface area (TPSA) is 62.9 Å². The van der Waals surface area contributed by atoms with Gasteiger partial charge < -0.3 is 14.4 Å². The third kappa shape index (κ3) is 3.71. The highest BCUT2D eigenvalue weighted by atomic mass is 19.1. The summed E-state index contributed by atoms with van der Waals surface area (Å²) in [6, 6.07) is 6.73. The number of nitrogens with zero attached hydrogens (tertiary/aromatic N) is 5. The molecule has 162 valence electrons. The molecule has 0 saturated carbocycles. The minimum Gasteiger partial charge on any atom is -0.366 e. The Morgan fingerprint density at radius 1 is 1.03 bits per heavy atom. The molecule has 0 spiro atoms. The Balaban J connectivity index is 1.23. The van der Waals surface area contributed by atoms with Gasteiger partial charge in [0.25, 0.3) is 5.56 Å². The number of aromatic nitrogens is 3. The van der Waals surface area contributed by atoms with Crippen molar-refractivity contribution >= 4 is 17.1 Å². The number of carbonyl (C=O) groups is 1. The van der Waals surface area contributed by atoms with E-state index in [0.29, 0.717) is 43.9 Å². The zero-order valence-electron chi connectivity index (χ0n) is 17.5. The molecule has 0 radical (unpaired) electrons. The minimum absolute atomic E-state index is 0.0236. The first-order valence-electron chi connectivity index (χ1n) is 11.0. The molecule has 3 aromatic rings. The average molecular weight is 423 g/mol. The molecule has 1 amide bonds. The van der Waals surface area contributed by atoms with E-state index in [-0.39, 0.29) is 23.7 Å². The summed E-state index contributed by atoms with van der Waals surface area (Å²) >= 11 is 0. The van der Waals surface area contributed by atoms with Gasteiger partial charge in [-0.3, -0.25) is 9.59 Å². The smallest absolute Gasteiger partial charge is 0.276 e. The van der Waals surface area contributed by atoms with Gasteiger partial charge in [0.2, 0.25) is 5.91 Å². The van der Waals surface area contributed by atoms with Crippen molar-refractivity contribution in [3.05, 3.63) is 64.1 Å². The van der Waals surface area contributed by atoms with Crippen LogP contribution in [0, 0.1) is 5.82 Å². The van der Waals surface area contributed by atoms with Gasteiger partial charge in [-0.1, -0.05) is 12.1 Å². The number of piperazine rings is 1. The average Bonchev–Trinajstić information content (AvgIpc) is 3.18. The van der Waals surface area contributed by atoms with Gasteiger partial charge in [0.05, 0.1) is 11.4 Å². The molecule has 2 aromatic heterocycles. The number of amides is 1. The van der Waals surface area contributed by atoms with Crippen LogP contribution in [-0.4, -0.2) is 51.2 Å². The lowest BCUT2D eigenvalue weighted by Gasteiger charge is -2.36. The number of anilines is 1. The number of aryl methyl sites for hydroxylation is 3. The van der Waals surface area contributed by atoms with Crippen LogP contribution in [0.15, 0.2) is 41.5 Å². The van der Waals surface area contributed by atoms with Gasteiger partial charge >= 0.3 is 0 Å². The van der Waals surface area contributed by atoms with Crippen molar-refractivity contribution in [3.8, 4) is 0 Å². The van der Waals surface area contributed by atoms with E-state index in [4.69, 9.17) is 0 Å². The summed E-state index contributed by atoms with van der Waals surface area (Å²) in [4.78, 5) is 29.5. The molecule has 3 heterocycles. The number of rotatable bonds is 4. The molecule has 0 N–H and O–H groups in total. The monoisotopic (exact) mass is 423 g/mol. The van der Waals surface area contributed by atoms with Gasteiger partial charge in [-0.2, -0.15) is 5.10 Å². The van der Waals surface area contributed by atoms with Crippen LogP contribution >= 0.6 is 0 Å². The van der Waals surface area contributed by atoms with Crippen molar-refractivity contribution in [2.24, 2.45) is 0 Å². The fourth-order valence-corrected chi connectivity index (χ4v) is 4.71. The summed E-state index contributed by atoms with van der Waals surface area (Å²) in [6.07, 6.45) is 7.82. The van der Waals surface area contributed by atoms with E-state index in [1.165, 1.54) is 6.07 Å². The van der Waals surface area contributed by atoms with Gasteiger partial charge in [0.15, 0.2) is 0 Å². The van der Waals surface area contributed by atoms with Crippen molar-refractivity contribution in [2.45, 2.75) is 38.6 Å². The number of benzene rings is 1. The van der Waals surface area contributed by atoms with Gasteiger partial charge in [0, 0.05) is 57.1 Å². The molecular weight excluding hydrogens is 397 g/mol. The predicted octanol–water partition coefficient (Wildman–Crippen LogP) is 2.25. The third-order valence-electron chi connectivity index (χ3n) is 6.43. The van der Waals surface area contributed by atoms with Crippen LogP contribution in [0.1, 0.15) is 30.5 Å². The lowest BCUT2D eigenvalue weighted by atomic mass is 9.97. The van der Waals surface area contributed by atoms with Crippen molar-refractivity contribution in [1.29, 1.82) is 0 Å². The second-order valence-corrected chi connectivity index (χ2v) is 8.29. The Morgan fingerprint density at radius 2 is 1.81 bits per heavy atom. The largest absolute Gasteiger partial charge is 0.366 e. The molecule has 1 aliphatic heterocycles. The number of fused-ring (bicyclic) bond motifs is 3. The highest BCUT2D eigenvalue weighted by molar-refractivity contribution is 5.76. The van der Waals surface area contributed by atoms with Gasteiger partial charge in [-0.25, -0.2) is 8.91 Å². The SMILES string of the molecule is O=C(CCn1ccn2nc3c(c2c1=O)CCCC3)N1CCN(c2ccccc2F)CC1. The van der Waals surface area contributed by atoms with Crippen LogP contribution in [0.2, 0.25) is 0 Å². The highest BCUT2D eigenvalue weighted by Gasteiger charge is 2.23. The summed E-state index contributed by atoms with van der Waals surface area (Å²) in [5.41, 5.74) is 3.27. The number of carbonyl (C=O) groups excluding carboxylic acids is 1. The molecule has 31 heavy (non-hydrogen) atoms. The van der Waals surface area contributed by atoms with E-state index in [1.807, 2.05) is 22.1 Å². The highest BCUT2D eigenvalue weighted by Crippen LogP contribution is 2.23. The van der Waals surface area contributed by atoms with Gasteiger partial charge in [-0.15, -0.1) is 0 Å². The first-order valence-corrected chi connectivity index (χ1v) is 11.0. The van der Waals surface area contributed by atoms with Gasteiger partial charge in [-0.05, 0) is 37.8 Å². The minimum atomic E-state index is -0.237. The van der Waals surface area contributed by atoms with Crippen LogP contribution in [0.3, 0.4) is 0 Å². The fraction of sp³-hybridized carbons (Fsp3) is 0.435. The van der Waals surface area contributed by atoms with Crippen molar-refractivity contribution < 1.29 is 9.18 Å². The van der Waals surface area contributed by atoms with E-state index >= 15 is 0 Å². The first kappa shape index (κ1) is 19.8. The van der Waals surface area contributed by atoms with Crippen molar-refractivity contribution in [2.75, 3.05) is 31.1 Å². The van der Waals surface area contributed by atoms with E-state index in [2.05, 4.69) is 5.10 Å². The molecule has 2 aliphatic rings. The Morgan fingerprint density at radius 3 is 2.61 bits per heavy atom. The van der Waals surface area contributed by atoms with Crippen LogP contribution in [0.25, 0.3) is 5.52 Å². The lowest BCUT2D eigenvalue weighted by molar-refractivity contribution is -0.131. The number of para-hydroxylation sites is 1. The normalized spacial score (nSPS) is 16.5. The number of halogens is 1. The van der Waals surface area contributed by atoms with Crippen molar-refractivity contribution in [1.82, 2.24) is 19.1 Å². The quantitative estimate of drug-likeness (QED) is 0.646. The van der Waals surface area contributed by atoms with Crippen LogP contribution < -0.4 is 10.5 Å². The van der Waals surface area contributed by atoms with Gasteiger partial charge in [0.1, 0.15) is 11.3 Å². The molecule has 0 unspecified atom stereocenters. The predicted molar refractivity (Wildman–Crippen MR) is 116 cm³/mol. The van der Waals surface area contributed by atoms with Crippen molar-refractivity contribution in [3.63, 3.8) is 0 Å². The molecule has 8 heteroatoms. The van der Waals surface area contributed by atoms with E-state index in [9.17, 15) is 14.0 Å². The number of hydrogen-bond acceptors (Lipinski definition) is 4. The summed E-state index contributed by atoms with van der Waals surface area (Å²) in [5, 5.41) is 4.56. The van der Waals surface area contributed by atoms with E-state index < -0.39 is 0 Å². The van der Waals surface area contributed by atoms with Crippen LogP contribution in [0.5, 0.6) is 0 Å². The first-order chi connectivity index (χ1) is 15.1. The maximum Gasteiger partial charge on any atom is 0.276 e. The summed E-state index contributed by atoms with van der Waals surface area (Å²) in [7, 11) is 0. The molecule has 5 rings (SSSR count). The maximum absolute atomic E-state index is 14.0. The second kappa shape index (κ2) is 8.17. The lowest BCUT2D eigenvalue weighted by Crippen LogP contribution is -2.49. The molecule has 1 saturated heterocycles. The molecule has 1 aromatic carbocycles. The fourth-order valence-electron chi connectivity index (χ4n) is 4.71. The standard InChI is InChI=1S/C23H26FN5O2/c24-18-6-2-4-8-20(18)26-11-13-27(14-12-26)21(30)9-10-28-15-16-29-22(23(28)31)17-5-1-3-7-19(17)25-29/h2,4,6,8,15-16H,1,3,5,7,9-14H2. The molecular formula is C23H26FN5O2. The zero-order valence-corrected chi connectivity index (χ0v) is 17.5. The molecule has 1 aliphatic carbocycles. The Bertz CT molecular complexity index is 1180. The summed E-state index contributed by atoms with van der Waals surface area (Å²) in [6.45, 7) is 2.65. The Hall–Kier alpha value is -3.16. The molecule has 7 nitrogen and oxygen atoms in total. The Labute approximate surface area is 179 Å². The van der Waals surface area contributed by atoms with Crippen LogP contribution in [0.4, 0.5) is 10.1 Å². The third-order valence-corrected chi connectivity index (χ3v) is 6.43. The summed E-state index contributed by atoms with van der Waals surface area (Å²) in [5.74, 6) is -0.213. The van der Waals surface area contributed by atoms with E-state index in [1.54, 1.807) is 27.4 Å². The Kier molecular flexibility index (Phi) is 5.21. The second-order valence-electron chi connectivity index (χ2n) is 8.29. The molecule has 0 atom stereocenters. The van der Waals surface area contributed by atoms with E-state index in [0.717, 1.165) is 36.9 Å². The zero-order chi connectivity index (χ0) is 21.4.